The van der Waals surface area contributed by atoms with Gasteiger partial charge in [0.2, 0.25) is 0 Å². The highest BCUT2D eigenvalue weighted by Crippen LogP contribution is 2.32. The van der Waals surface area contributed by atoms with Gasteiger partial charge in [-0.2, -0.15) is 10.2 Å². The lowest BCUT2D eigenvalue weighted by molar-refractivity contribution is 0.895. The highest BCUT2D eigenvalue weighted by atomic mass is 15.3. The molecular formula is C24H18N6. The van der Waals surface area contributed by atoms with E-state index in [-0.39, 0.29) is 0 Å². The zero-order chi connectivity index (χ0) is 19.9. The first-order valence-corrected chi connectivity index (χ1v) is 9.95. The van der Waals surface area contributed by atoms with E-state index in [1.54, 1.807) is 10.9 Å². The monoisotopic (exact) mass is 390 g/mol. The van der Waals surface area contributed by atoms with Crippen molar-refractivity contribution in [2.75, 3.05) is 5.43 Å². The third kappa shape index (κ3) is 2.65. The molecule has 0 bridgehead atoms. The number of aromatic nitrogens is 4. The van der Waals surface area contributed by atoms with Crippen molar-refractivity contribution >= 4 is 33.8 Å². The second-order valence-electron chi connectivity index (χ2n) is 7.38. The van der Waals surface area contributed by atoms with Crippen LogP contribution in [0.3, 0.4) is 0 Å². The minimum Gasteiger partial charge on any atom is -0.261 e. The lowest BCUT2D eigenvalue weighted by atomic mass is 10.0. The summed E-state index contributed by atoms with van der Waals surface area (Å²) in [6, 6.07) is 20.8. The normalized spacial score (nSPS) is 12.9. The van der Waals surface area contributed by atoms with Gasteiger partial charge in [-0.1, -0.05) is 48.5 Å². The Morgan fingerprint density at radius 2 is 1.73 bits per heavy atom. The van der Waals surface area contributed by atoms with Crippen molar-refractivity contribution < 1.29 is 0 Å². The average molecular weight is 390 g/mol. The predicted octanol–water partition coefficient (Wildman–Crippen LogP) is 4.51. The van der Waals surface area contributed by atoms with Crippen LogP contribution >= 0.6 is 0 Å². The van der Waals surface area contributed by atoms with Crippen LogP contribution in [0.2, 0.25) is 0 Å². The van der Waals surface area contributed by atoms with Crippen LogP contribution in [-0.2, 0) is 12.8 Å². The molecular weight excluding hydrogens is 372 g/mol. The standard InChI is InChI=1S/C24H18N6/c1-2-6-19(7-3-1)30-24-21(14-28-30)23(25-15-26-24)29-27-13-18-12-11-17-10-9-16-5-4-8-20(18)22(16)17/h1-8,11-15H,9-10H2,(H,25,26,29)/b27-13-. The Balaban J connectivity index is 1.34. The van der Waals surface area contributed by atoms with Crippen LogP contribution in [-0.4, -0.2) is 26.0 Å². The SMILES string of the molecule is C(=N/Nc1ncnc2c1cnn2-c1ccccc1)/c1ccc2c3c(cccc13)CC2. The van der Waals surface area contributed by atoms with Gasteiger partial charge in [0.1, 0.15) is 6.33 Å². The molecule has 2 aromatic heterocycles. The summed E-state index contributed by atoms with van der Waals surface area (Å²) in [5.41, 5.74) is 8.71. The van der Waals surface area contributed by atoms with Gasteiger partial charge >= 0.3 is 0 Å². The Kier molecular flexibility index (Phi) is 3.81. The maximum absolute atomic E-state index is 4.48. The fourth-order valence-corrected chi connectivity index (χ4v) is 4.24. The molecule has 3 aromatic carbocycles. The lowest BCUT2D eigenvalue weighted by Crippen LogP contribution is -1.99. The van der Waals surface area contributed by atoms with Gasteiger partial charge in [-0.15, -0.1) is 0 Å². The second-order valence-corrected chi connectivity index (χ2v) is 7.38. The van der Waals surface area contributed by atoms with Crippen LogP contribution in [0.5, 0.6) is 0 Å². The fourth-order valence-electron chi connectivity index (χ4n) is 4.24. The number of rotatable bonds is 4. The number of aryl methyl sites for hydroxylation is 2. The summed E-state index contributed by atoms with van der Waals surface area (Å²) in [6.07, 6.45) is 7.39. The summed E-state index contributed by atoms with van der Waals surface area (Å²) in [7, 11) is 0. The number of benzene rings is 3. The number of hydrogen-bond donors (Lipinski definition) is 1. The molecule has 5 aromatic rings. The predicted molar refractivity (Wildman–Crippen MR) is 119 cm³/mol. The van der Waals surface area contributed by atoms with Gasteiger partial charge in [0.25, 0.3) is 0 Å². The zero-order valence-electron chi connectivity index (χ0n) is 16.2. The maximum Gasteiger partial charge on any atom is 0.168 e. The molecule has 0 atom stereocenters. The van der Waals surface area contributed by atoms with E-state index in [2.05, 4.69) is 55.9 Å². The average Bonchev–Trinajstić information content (AvgIpc) is 3.42. The minimum absolute atomic E-state index is 0.629. The molecule has 6 heteroatoms. The van der Waals surface area contributed by atoms with Crippen molar-refractivity contribution in [1.29, 1.82) is 0 Å². The second kappa shape index (κ2) is 6.77. The van der Waals surface area contributed by atoms with Crippen LogP contribution in [0.15, 0.2) is 78.3 Å². The number of anilines is 1. The molecule has 0 saturated carbocycles. The van der Waals surface area contributed by atoms with Crippen molar-refractivity contribution in [3.63, 3.8) is 0 Å². The quantitative estimate of drug-likeness (QED) is 0.362. The van der Waals surface area contributed by atoms with E-state index < -0.39 is 0 Å². The van der Waals surface area contributed by atoms with Gasteiger partial charge in [0.15, 0.2) is 11.5 Å². The molecule has 0 saturated heterocycles. The molecule has 6 nitrogen and oxygen atoms in total. The summed E-state index contributed by atoms with van der Waals surface area (Å²) < 4.78 is 1.80. The number of hydrazone groups is 1. The number of fused-ring (bicyclic) bond motifs is 1. The van der Waals surface area contributed by atoms with Crippen LogP contribution in [0, 0.1) is 0 Å². The summed E-state index contributed by atoms with van der Waals surface area (Å²) in [4.78, 5) is 8.77. The Labute approximate surface area is 172 Å². The Bertz CT molecular complexity index is 1410. The van der Waals surface area contributed by atoms with Crippen LogP contribution in [0.25, 0.3) is 27.5 Å². The minimum atomic E-state index is 0.629. The Morgan fingerprint density at radius 1 is 0.867 bits per heavy atom. The molecule has 0 radical (unpaired) electrons. The van der Waals surface area contributed by atoms with Crippen molar-refractivity contribution in [1.82, 2.24) is 19.7 Å². The molecule has 2 heterocycles. The van der Waals surface area contributed by atoms with E-state index in [4.69, 9.17) is 0 Å². The molecule has 0 fully saturated rings. The number of nitrogens with one attached hydrogen (secondary N) is 1. The Hall–Kier alpha value is -4.06. The number of hydrogen-bond acceptors (Lipinski definition) is 5. The molecule has 0 aliphatic heterocycles. The number of nitrogens with zero attached hydrogens (tertiary/aromatic N) is 5. The smallest absolute Gasteiger partial charge is 0.168 e. The van der Waals surface area contributed by atoms with Crippen molar-refractivity contribution in [3.05, 3.63) is 89.9 Å². The Morgan fingerprint density at radius 3 is 2.63 bits per heavy atom. The van der Waals surface area contributed by atoms with Crippen molar-refractivity contribution in [2.45, 2.75) is 12.8 Å². The van der Waals surface area contributed by atoms with E-state index in [1.165, 1.54) is 28.2 Å². The first-order chi connectivity index (χ1) is 14.9. The summed E-state index contributed by atoms with van der Waals surface area (Å²) in [5.74, 6) is 0.629. The van der Waals surface area contributed by atoms with Gasteiger partial charge in [-0.3, -0.25) is 5.43 Å². The van der Waals surface area contributed by atoms with Crippen LogP contribution in [0.4, 0.5) is 5.82 Å². The molecule has 6 rings (SSSR count). The van der Waals surface area contributed by atoms with E-state index in [9.17, 15) is 0 Å². The van der Waals surface area contributed by atoms with Gasteiger partial charge in [-0.25, -0.2) is 14.6 Å². The first-order valence-electron chi connectivity index (χ1n) is 9.95. The molecule has 0 amide bonds. The van der Waals surface area contributed by atoms with Gasteiger partial charge in [-0.05, 0) is 46.9 Å². The molecule has 0 spiro atoms. The highest BCUT2D eigenvalue weighted by Gasteiger charge is 2.15. The van der Waals surface area contributed by atoms with Gasteiger partial charge in [0.05, 0.1) is 23.5 Å². The largest absolute Gasteiger partial charge is 0.261 e. The maximum atomic E-state index is 4.48. The van der Waals surface area contributed by atoms with Crippen LogP contribution in [0.1, 0.15) is 16.7 Å². The number of para-hydroxylation sites is 1. The molecule has 1 aliphatic rings. The summed E-state index contributed by atoms with van der Waals surface area (Å²) in [5, 5.41) is 12.4. The van der Waals surface area contributed by atoms with E-state index >= 15 is 0 Å². The zero-order valence-corrected chi connectivity index (χ0v) is 16.2. The third-order valence-corrected chi connectivity index (χ3v) is 5.65. The van der Waals surface area contributed by atoms with Gasteiger partial charge < -0.3 is 0 Å². The van der Waals surface area contributed by atoms with Gasteiger partial charge in [0, 0.05) is 5.56 Å². The van der Waals surface area contributed by atoms with E-state index in [0.717, 1.165) is 35.1 Å². The molecule has 30 heavy (non-hydrogen) atoms. The lowest BCUT2D eigenvalue weighted by Gasteiger charge is -2.06. The topological polar surface area (TPSA) is 68.0 Å². The van der Waals surface area contributed by atoms with Crippen molar-refractivity contribution in [2.24, 2.45) is 5.10 Å². The molecule has 1 aliphatic carbocycles. The van der Waals surface area contributed by atoms with E-state index in [1.807, 2.05) is 36.5 Å². The first kappa shape index (κ1) is 16.9. The summed E-state index contributed by atoms with van der Waals surface area (Å²) in [6.45, 7) is 0. The van der Waals surface area contributed by atoms with E-state index in [0.29, 0.717) is 5.82 Å². The van der Waals surface area contributed by atoms with Crippen molar-refractivity contribution in [3.8, 4) is 5.69 Å². The molecule has 1 N–H and O–H groups in total. The highest BCUT2D eigenvalue weighted by molar-refractivity contribution is 6.03. The summed E-state index contributed by atoms with van der Waals surface area (Å²) >= 11 is 0. The van der Waals surface area contributed by atoms with Crippen LogP contribution < -0.4 is 5.43 Å². The molecule has 144 valence electrons. The third-order valence-electron chi connectivity index (χ3n) is 5.65. The molecule has 0 unspecified atom stereocenters. The fraction of sp³-hybridized carbons (Fsp3) is 0.0833.